The number of hydrogen-bond acceptors (Lipinski definition) is 0. The first kappa shape index (κ1) is 48.1. The lowest BCUT2D eigenvalue weighted by Crippen LogP contribution is -2.14. The molecule has 16 rings (SSSR count). The molecule has 0 radical (unpaired) electrons. The molecule has 0 fully saturated rings. The molecule has 386 valence electrons. The fourth-order valence-electron chi connectivity index (χ4n) is 14.5. The van der Waals surface area contributed by atoms with E-state index in [1.807, 2.05) is 0 Å². The Kier molecular flexibility index (Phi) is 10.7. The van der Waals surface area contributed by atoms with Gasteiger partial charge in [0.15, 0.2) is 0 Å². The zero-order valence-corrected chi connectivity index (χ0v) is 46.6. The zero-order chi connectivity index (χ0) is 54.8. The van der Waals surface area contributed by atoms with Crippen molar-refractivity contribution in [1.82, 2.24) is 0 Å². The molecule has 14 aromatic rings. The van der Waals surface area contributed by atoms with Crippen LogP contribution in [-0.4, -0.2) is 0 Å². The molecule has 0 spiro atoms. The monoisotopic (exact) mass is 1040 g/mol. The van der Waals surface area contributed by atoms with Crippen LogP contribution in [0, 0.1) is 0 Å². The van der Waals surface area contributed by atoms with Gasteiger partial charge in [-0.25, -0.2) is 0 Å². The minimum Gasteiger partial charge on any atom is -0.0622 e. The third-order valence-electron chi connectivity index (χ3n) is 18.6. The Balaban J connectivity index is 1.04. The molecule has 0 amide bonds. The average Bonchev–Trinajstić information content (AvgIpc) is 2.33. The summed E-state index contributed by atoms with van der Waals surface area (Å²) in [5.74, 6) is 0. The second-order valence-electron chi connectivity index (χ2n) is 23.9. The summed E-state index contributed by atoms with van der Waals surface area (Å²) in [5, 5.41) is 7.55. The Morgan fingerprint density at radius 1 is 0.171 bits per heavy atom. The highest BCUT2D eigenvalue weighted by atomic mass is 14.4. The number of hydrogen-bond donors (Lipinski definition) is 0. The summed E-state index contributed by atoms with van der Waals surface area (Å²) in [4.78, 5) is 0. The zero-order valence-electron chi connectivity index (χ0n) is 46.6. The fraction of sp³-hybridized carbons (Fsp3) is 0.0732. The third-order valence-corrected chi connectivity index (χ3v) is 18.6. The molecule has 0 atom stereocenters. The standard InChI is InChI=1S/C82H58/c1-81(2)75-31-19-17-29-63(75)73-47-55(33-39-77(73)81)69-49-71(61-43-57(51-21-9-5-10-22-51)41-58(44-61)52-23-11-6-12-24-52)67-38-36-66-70(56-34-40-78-74(48-56)64-30-18-20-32-76(64)82(78,3)4)50-72(68-37-35-65(69)79(67)80(66)68)62-45-59(53-25-13-7-14-26-53)42-60(46-62)54-27-15-8-16-28-54/h5-50H,1-4H3. The first-order valence-corrected chi connectivity index (χ1v) is 29.0. The lowest BCUT2D eigenvalue weighted by molar-refractivity contribution is 0.660. The van der Waals surface area contributed by atoms with E-state index < -0.39 is 0 Å². The Bertz CT molecular complexity index is 4440. The van der Waals surface area contributed by atoms with Crippen LogP contribution in [0.4, 0.5) is 0 Å². The minimum atomic E-state index is -0.107. The van der Waals surface area contributed by atoms with Crippen molar-refractivity contribution >= 4 is 32.3 Å². The van der Waals surface area contributed by atoms with Gasteiger partial charge in [-0.15, -0.1) is 0 Å². The van der Waals surface area contributed by atoms with Gasteiger partial charge in [0.2, 0.25) is 0 Å². The van der Waals surface area contributed by atoms with Crippen LogP contribution in [0.15, 0.2) is 279 Å². The van der Waals surface area contributed by atoms with Crippen LogP contribution in [0.5, 0.6) is 0 Å². The van der Waals surface area contributed by atoms with Gasteiger partial charge in [0.1, 0.15) is 0 Å². The van der Waals surface area contributed by atoms with Gasteiger partial charge in [0.05, 0.1) is 0 Å². The van der Waals surface area contributed by atoms with Gasteiger partial charge in [0, 0.05) is 10.8 Å². The van der Waals surface area contributed by atoms with E-state index in [1.165, 1.54) is 166 Å². The van der Waals surface area contributed by atoms with Crippen molar-refractivity contribution in [2.24, 2.45) is 0 Å². The van der Waals surface area contributed by atoms with Crippen LogP contribution in [0.3, 0.4) is 0 Å². The quantitative estimate of drug-likeness (QED) is 0.133. The second-order valence-corrected chi connectivity index (χ2v) is 23.9. The van der Waals surface area contributed by atoms with E-state index in [0.29, 0.717) is 0 Å². The van der Waals surface area contributed by atoms with Gasteiger partial charge in [-0.1, -0.05) is 246 Å². The molecule has 0 unspecified atom stereocenters. The van der Waals surface area contributed by atoms with Crippen molar-refractivity contribution in [3.8, 4) is 111 Å². The molecule has 2 aliphatic rings. The minimum absolute atomic E-state index is 0.107. The number of fused-ring (bicyclic) bond motifs is 6. The van der Waals surface area contributed by atoms with Crippen molar-refractivity contribution < 1.29 is 0 Å². The Labute approximate surface area is 480 Å². The van der Waals surface area contributed by atoms with Crippen LogP contribution in [0.2, 0.25) is 0 Å². The first-order valence-electron chi connectivity index (χ1n) is 29.0. The van der Waals surface area contributed by atoms with Crippen LogP contribution in [-0.2, 0) is 10.8 Å². The van der Waals surface area contributed by atoms with Gasteiger partial charge in [-0.2, -0.15) is 0 Å². The predicted molar refractivity (Wildman–Crippen MR) is 349 cm³/mol. The molecular formula is C82H58. The highest BCUT2D eigenvalue weighted by Gasteiger charge is 2.37. The van der Waals surface area contributed by atoms with E-state index in [1.54, 1.807) is 0 Å². The van der Waals surface area contributed by atoms with Gasteiger partial charge < -0.3 is 0 Å². The van der Waals surface area contributed by atoms with Crippen LogP contribution >= 0.6 is 0 Å². The molecule has 0 saturated carbocycles. The lowest BCUT2D eigenvalue weighted by atomic mass is 9.79. The summed E-state index contributed by atoms with van der Waals surface area (Å²) in [7, 11) is 0. The SMILES string of the molecule is CC1(C)c2ccccc2-c2cc(-c3cc(-c4cc(-c5ccccc5)cc(-c5ccccc5)c4)c4ccc5c(-c6ccc7c(c6)-c6ccccc6C7(C)C)cc(-c6cc(-c7ccccc7)cc(-c7ccccc7)c6)c6ccc3c4c65)ccc21. The Morgan fingerprint density at radius 3 is 0.768 bits per heavy atom. The summed E-state index contributed by atoms with van der Waals surface area (Å²) >= 11 is 0. The maximum atomic E-state index is 2.52. The summed E-state index contributed by atoms with van der Waals surface area (Å²) in [6.45, 7) is 9.52. The van der Waals surface area contributed by atoms with E-state index in [4.69, 9.17) is 0 Å². The van der Waals surface area contributed by atoms with Gasteiger partial charge >= 0.3 is 0 Å². The number of benzene rings is 14. The third kappa shape index (κ3) is 7.45. The van der Waals surface area contributed by atoms with E-state index in [0.717, 1.165) is 0 Å². The molecule has 0 heteroatoms. The Hall–Kier alpha value is -9.88. The van der Waals surface area contributed by atoms with Crippen LogP contribution in [0.1, 0.15) is 49.9 Å². The van der Waals surface area contributed by atoms with Crippen molar-refractivity contribution in [3.63, 3.8) is 0 Å². The molecule has 0 bridgehead atoms. The van der Waals surface area contributed by atoms with Crippen LogP contribution in [0.25, 0.3) is 144 Å². The molecule has 2 aliphatic carbocycles. The van der Waals surface area contributed by atoms with E-state index in [9.17, 15) is 0 Å². The average molecular weight is 1040 g/mol. The maximum absolute atomic E-state index is 2.52. The van der Waals surface area contributed by atoms with Crippen molar-refractivity contribution in [2.45, 2.75) is 38.5 Å². The molecule has 14 aromatic carbocycles. The van der Waals surface area contributed by atoms with Gasteiger partial charge in [-0.05, 0) is 227 Å². The maximum Gasteiger partial charge on any atom is 0.0158 e. The van der Waals surface area contributed by atoms with E-state index in [2.05, 4.69) is 307 Å². The molecule has 82 heavy (non-hydrogen) atoms. The summed E-state index contributed by atoms with van der Waals surface area (Å²) < 4.78 is 0. The lowest BCUT2D eigenvalue weighted by Gasteiger charge is -2.24. The highest BCUT2D eigenvalue weighted by molar-refractivity contribution is 6.32. The summed E-state index contributed by atoms with van der Waals surface area (Å²) in [5.41, 5.74) is 29.9. The van der Waals surface area contributed by atoms with Gasteiger partial charge in [-0.3, -0.25) is 0 Å². The van der Waals surface area contributed by atoms with Gasteiger partial charge in [0.25, 0.3) is 0 Å². The normalized spacial score (nSPS) is 13.6. The first-order chi connectivity index (χ1) is 40.2. The predicted octanol–water partition coefficient (Wildman–Crippen LogP) is 22.5. The summed E-state index contributed by atoms with van der Waals surface area (Å²) in [6, 6.07) is 106. The van der Waals surface area contributed by atoms with Crippen LogP contribution < -0.4 is 0 Å². The topological polar surface area (TPSA) is 0 Å². The molecule has 0 nitrogen and oxygen atoms in total. The van der Waals surface area contributed by atoms with Crippen molar-refractivity contribution in [3.05, 3.63) is 301 Å². The summed E-state index contributed by atoms with van der Waals surface area (Å²) in [6.07, 6.45) is 0. The second kappa shape index (κ2) is 18.3. The molecule has 0 N–H and O–H groups in total. The van der Waals surface area contributed by atoms with E-state index >= 15 is 0 Å². The van der Waals surface area contributed by atoms with Crippen molar-refractivity contribution in [2.75, 3.05) is 0 Å². The molecule has 0 aliphatic heterocycles. The highest BCUT2D eigenvalue weighted by Crippen LogP contribution is 2.55. The molecular weight excluding hydrogens is 985 g/mol. The fourth-order valence-corrected chi connectivity index (χ4v) is 14.5. The van der Waals surface area contributed by atoms with E-state index in [-0.39, 0.29) is 10.8 Å². The number of rotatable bonds is 8. The molecule has 0 saturated heterocycles. The largest absolute Gasteiger partial charge is 0.0622 e. The van der Waals surface area contributed by atoms with Crippen molar-refractivity contribution in [1.29, 1.82) is 0 Å². The molecule has 0 heterocycles. The Morgan fingerprint density at radius 2 is 0.439 bits per heavy atom. The molecule has 0 aromatic heterocycles. The smallest absolute Gasteiger partial charge is 0.0158 e.